The second-order valence-corrected chi connectivity index (χ2v) is 4.01. The summed E-state index contributed by atoms with van der Waals surface area (Å²) in [7, 11) is 0. The minimum atomic E-state index is 0.741. The maximum Gasteiger partial charge on any atom is 0.0409 e. The molecule has 0 atom stereocenters. The van der Waals surface area contributed by atoms with Gasteiger partial charge in [0, 0.05) is 23.1 Å². The van der Waals surface area contributed by atoms with Crippen LogP contribution in [0.15, 0.2) is 24.3 Å². The van der Waals surface area contributed by atoms with Gasteiger partial charge < -0.3 is 5.73 Å². The zero-order valence-corrected chi connectivity index (χ0v) is 8.37. The molecule has 0 unspecified atom stereocenters. The average Bonchev–Trinajstić information content (AvgIpc) is 2.05. The lowest BCUT2D eigenvalue weighted by Crippen LogP contribution is -2.01. The van der Waals surface area contributed by atoms with E-state index in [9.17, 15) is 0 Å². The Balaban J connectivity index is 2.41. The summed E-state index contributed by atoms with van der Waals surface area (Å²) < 4.78 is 0. The lowest BCUT2D eigenvalue weighted by molar-refractivity contribution is 1.15. The zero-order chi connectivity index (χ0) is 8.81. The average molecular weight is 202 g/mol. The summed E-state index contributed by atoms with van der Waals surface area (Å²) in [6, 6.07) is 7.93. The maximum atomic E-state index is 5.82. The highest BCUT2D eigenvalue weighted by atomic mass is 35.5. The molecule has 1 nitrogen and oxygen atoms in total. The Bertz CT molecular complexity index is 240. The molecule has 0 radical (unpaired) electrons. The number of rotatable bonds is 4. The van der Waals surface area contributed by atoms with Crippen LogP contribution in [-0.2, 0) is 5.75 Å². The largest absolute Gasteiger partial charge is 0.330 e. The van der Waals surface area contributed by atoms with Crippen molar-refractivity contribution in [2.24, 2.45) is 5.73 Å². The maximum absolute atomic E-state index is 5.82. The second-order valence-electron chi connectivity index (χ2n) is 2.47. The summed E-state index contributed by atoms with van der Waals surface area (Å²) in [4.78, 5) is 0. The minimum absolute atomic E-state index is 0.741. The molecule has 0 aliphatic rings. The van der Waals surface area contributed by atoms with E-state index >= 15 is 0 Å². The molecule has 12 heavy (non-hydrogen) atoms. The fraction of sp³-hybridized carbons (Fsp3) is 0.333. The fourth-order valence-corrected chi connectivity index (χ4v) is 1.84. The van der Waals surface area contributed by atoms with Crippen molar-refractivity contribution in [1.82, 2.24) is 0 Å². The van der Waals surface area contributed by atoms with Crippen molar-refractivity contribution in [2.75, 3.05) is 12.3 Å². The molecular formula is C9H12ClNS. The topological polar surface area (TPSA) is 26.0 Å². The van der Waals surface area contributed by atoms with Crippen LogP contribution >= 0.6 is 23.4 Å². The van der Waals surface area contributed by atoms with Gasteiger partial charge in [0.1, 0.15) is 0 Å². The van der Waals surface area contributed by atoms with E-state index in [2.05, 4.69) is 6.07 Å². The number of hydrogen-bond acceptors (Lipinski definition) is 2. The van der Waals surface area contributed by atoms with Crippen LogP contribution in [0.1, 0.15) is 5.56 Å². The molecule has 0 spiro atoms. The summed E-state index contributed by atoms with van der Waals surface area (Å²) in [5.74, 6) is 2.00. The highest BCUT2D eigenvalue weighted by Gasteiger charge is 1.93. The van der Waals surface area contributed by atoms with Gasteiger partial charge >= 0.3 is 0 Å². The first-order valence-corrected chi connectivity index (χ1v) is 5.38. The SMILES string of the molecule is NCCSCc1cccc(Cl)c1. The third-order valence-corrected chi connectivity index (χ3v) is 2.72. The van der Waals surface area contributed by atoms with Crippen LogP contribution < -0.4 is 5.73 Å². The smallest absolute Gasteiger partial charge is 0.0409 e. The molecule has 0 aromatic heterocycles. The van der Waals surface area contributed by atoms with Crippen molar-refractivity contribution in [2.45, 2.75) is 5.75 Å². The molecular weight excluding hydrogens is 190 g/mol. The Labute approximate surface area is 82.3 Å². The number of hydrogen-bond donors (Lipinski definition) is 1. The Morgan fingerprint density at radius 3 is 2.92 bits per heavy atom. The number of nitrogens with two attached hydrogens (primary N) is 1. The first kappa shape index (κ1) is 9.90. The highest BCUT2D eigenvalue weighted by Crippen LogP contribution is 2.15. The van der Waals surface area contributed by atoms with Crippen LogP contribution in [0, 0.1) is 0 Å². The van der Waals surface area contributed by atoms with Gasteiger partial charge in [-0.1, -0.05) is 23.7 Å². The Morgan fingerprint density at radius 1 is 1.42 bits per heavy atom. The van der Waals surface area contributed by atoms with Gasteiger partial charge in [-0.25, -0.2) is 0 Å². The van der Waals surface area contributed by atoms with E-state index < -0.39 is 0 Å². The second kappa shape index (κ2) is 5.46. The highest BCUT2D eigenvalue weighted by molar-refractivity contribution is 7.98. The molecule has 3 heteroatoms. The summed E-state index contributed by atoms with van der Waals surface area (Å²) in [6.07, 6.45) is 0. The molecule has 2 N–H and O–H groups in total. The van der Waals surface area contributed by atoms with Crippen molar-refractivity contribution < 1.29 is 0 Å². The van der Waals surface area contributed by atoms with Crippen molar-refractivity contribution in [3.8, 4) is 0 Å². The molecule has 0 aliphatic carbocycles. The Kier molecular flexibility index (Phi) is 4.51. The van der Waals surface area contributed by atoms with Crippen molar-refractivity contribution in [1.29, 1.82) is 0 Å². The molecule has 0 aliphatic heterocycles. The number of thioether (sulfide) groups is 1. The van der Waals surface area contributed by atoms with Crippen LogP contribution in [0.4, 0.5) is 0 Å². The predicted molar refractivity (Wildman–Crippen MR) is 56.7 cm³/mol. The van der Waals surface area contributed by atoms with Crippen molar-refractivity contribution in [3.05, 3.63) is 34.9 Å². The monoisotopic (exact) mass is 201 g/mol. The van der Waals surface area contributed by atoms with Crippen LogP contribution in [0.3, 0.4) is 0 Å². The molecule has 0 bridgehead atoms. The molecule has 0 fully saturated rings. The fourth-order valence-electron chi connectivity index (χ4n) is 0.900. The molecule has 0 saturated carbocycles. The molecule has 1 aromatic rings. The summed E-state index contributed by atoms with van der Waals surface area (Å²) in [5, 5.41) is 0.806. The first-order chi connectivity index (χ1) is 5.83. The van der Waals surface area contributed by atoms with Gasteiger partial charge in [-0.15, -0.1) is 0 Å². The zero-order valence-electron chi connectivity index (χ0n) is 6.79. The van der Waals surface area contributed by atoms with Gasteiger partial charge in [-0.2, -0.15) is 11.8 Å². The van der Waals surface area contributed by atoms with Gasteiger partial charge in [0.05, 0.1) is 0 Å². The Hall–Kier alpha value is -0.180. The van der Waals surface area contributed by atoms with E-state index in [1.165, 1.54) is 5.56 Å². The third-order valence-electron chi connectivity index (χ3n) is 1.42. The molecule has 66 valence electrons. The van der Waals surface area contributed by atoms with Gasteiger partial charge in [-0.3, -0.25) is 0 Å². The summed E-state index contributed by atoms with van der Waals surface area (Å²) in [6.45, 7) is 0.741. The third kappa shape index (κ3) is 3.48. The molecule has 1 aromatic carbocycles. The van der Waals surface area contributed by atoms with Crippen molar-refractivity contribution in [3.63, 3.8) is 0 Å². The lowest BCUT2D eigenvalue weighted by Gasteiger charge is -2.00. The van der Waals surface area contributed by atoms with Crippen LogP contribution in [0.2, 0.25) is 5.02 Å². The minimum Gasteiger partial charge on any atom is -0.330 e. The molecule has 1 rings (SSSR count). The van der Waals surface area contributed by atoms with Crippen LogP contribution in [0.5, 0.6) is 0 Å². The van der Waals surface area contributed by atoms with E-state index in [1.807, 2.05) is 30.0 Å². The van der Waals surface area contributed by atoms with Gasteiger partial charge in [0.25, 0.3) is 0 Å². The molecule has 0 amide bonds. The first-order valence-electron chi connectivity index (χ1n) is 3.85. The van der Waals surface area contributed by atoms with Gasteiger partial charge in [0.2, 0.25) is 0 Å². The van der Waals surface area contributed by atoms with E-state index in [0.717, 1.165) is 23.1 Å². The number of halogens is 1. The van der Waals surface area contributed by atoms with Gasteiger partial charge in [0.15, 0.2) is 0 Å². The summed E-state index contributed by atoms with van der Waals surface area (Å²) >= 11 is 7.66. The summed E-state index contributed by atoms with van der Waals surface area (Å²) in [5.41, 5.74) is 6.64. The van der Waals surface area contributed by atoms with E-state index in [1.54, 1.807) is 0 Å². The Morgan fingerprint density at radius 2 is 2.25 bits per heavy atom. The van der Waals surface area contributed by atoms with E-state index in [-0.39, 0.29) is 0 Å². The van der Waals surface area contributed by atoms with Crippen molar-refractivity contribution >= 4 is 23.4 Å². The molecule has 0 heterocycles. The normalized spacial score (nSPS) is 10.2. The van der Waals surface area contributed by atoms with Crippen LogP contribution in [0.25, 0.3) is 0 Å². The predicted octanol–water partition coefficient (Wildman–Crippen LogP) is 2.53. The standard InChI is InChI=1S/C9H12ClNS/c10-9-3-1-2-8(6-9)7-12-5-4-11/h1-3,6H,4-5,7,11H2. The lowest BCUT2D eigenvalue weighted by atomic mass is 10.2. The van der Waals surface area contributed by atoms with Crippen LogP contribution in [-0.4, -0.2) is 12.3 Å². The quantitative estimate of drug-likeness (QED) is 0.758. The van der Waals surface area contributed by atoms with E-state index in [0.29, 0.717) is 0 Å². The van der Waals surface area contributed by atoms with E-state index in [4.69, 9.17) is 17.3 Å². The van der Waals surface area contributed by atoms with Gasteiger partial charge in [-0.05, 0) is 17.7 Å². The number of benzene rings is 1. The molecule has 0 saturated heterocycles.